The van der Waals surface area contributed by atoms with Gasteiger partial charge in [-0.05, 0) is 18.6 Å². The summed E-state index contributed by atoms with van der Waals surface area (Å²) in [5.41, 5.74) is 0. The molecule has 1 fully saturated rings. The smallest absolute Gasteiger partial charge is 0.407 e. The Hall–Kier alpha value is -1.42. The molecular formula is C12H14ClNO3. The van der Waals surface area contributed by atoms with Crippen molar-refractivity contribution in [1.82, 2.24) is 4.90 Å². The third-order valence-electron chi connectivity index (χ3n) is 2.87. The van der Waals surface area contributed by atoms with E-state index in [0.29, 0.717) is 30.5 Å². The molecule has 2 rings (SSSR count). The van der Waals surface area contributed by atoms with Crippen LogP contribution in [0.15, 0.2) is 24.3 Å². The van der Waals surface area contributed by atoms with Crippen LogP contribution in [0.3, 0.4) is 0 Å². The molecule has 5 heteroatoms. The molecule has 1 N–H and O–H groups in total. The number of carbonyl (C=O) groups is 1. The number of hydrogen-bond donors (Lipinski definition) is 1. The lowest BCUT2D eigenvalue weighted by atomic mass is 10.1. The highest BCUT2D eigenvalue weighted by molar-refractivity contribution is 6.32. The van der Waals surface area contributed by atoms with Gasteiger partial charge in [-0.25, -0.2) is 4.79 Å². The lowest BCUT2D eigenvalue weighted by Crippen LogP contribution is -2.27. The van der Waals surface area contributed by atoms with Crippen molar-refractivity contribution in [2.24, 2.45) is 5.92 Å². The van der Waals surface area contributed by atoms with E-state index in [1.54, 1.807) is 6.07 Å². The standard InChI is InChI=1S/C12H14ClNO3/c13-10-3-1-2-4-11(10)17-8-9-5-6-14(7-9)12(15)16/h1-4,9H,5-8H2,(H,15,16). The number of rotatable bonds is 3. The van der Waals surface area contributed by atoms with Crippen LogP contribution in [0, 0.1) is 5.92 Å². The number of para-hydroxylation sites is 1. The molecule has 1 aliphatic rings. The van der Waals surface area contributed by atoms with Gasteiger partial charge in [0.2, 0.25) is 0 Å². The Labute approximate surface area is 105 Å². The predicted octanol–water partition coefficient (Wildman–Crippen LogP) is 2.72. The van der Waals surface area contributed by atoms with Crippen LogP contribution in [0.2, 0.25) is 5.02 Å². The number of likely N-dealkylation sites (tertiary alicyclic amines) is 1. The molecule has 0 aromatic heterocycles. The number of benzene rings is 1. The quantitative estimate of drug-likeness (QED) is 0.904. The highest BCUT2D eigenvalue weighted by atomic mass is 35.5. The van der Waals surface area contributed by atoms with E-state index in [9.17, 15) is 4.79 Å². The first-order chi connectivity index (χ1) is 8.16. The van der Waals surface area contributed by atoms with E-state index >= 15 is 0 Å². The Morgan fingerprint density at radius 1 is 1.53 bits per heavy atom. The summed E-state index contributed by atoms with van der Waals surface area (Å²) in [6.07, 6.45) is -0.0123. The Kier molecular flexibility index (Phi) is 3.74. The molecule has 0 saturated carbocycles. The Morgan fingerprint density at radius 2 is 2.29 bits per heavy atom. The van der Waals surface area contributed by atoms with E-state index in [0.717, 1.165) is 6.42 Å². The fourth-order valence-corrected chi connectivity index (χ4v) is 2.10. The van der Waals surface area contributed by atoms with Gasteiger partial charge in [-0.1, -0.05) is 23.7 Å². The summed E-state index contributed by atoms with van der Waals surface area (Å²) < 4.78 is 5.60. The lowest BCUT2D eigenvalue weighted by molar-refractivity contribution is 0.151. The summed E-state index contributed by atoms with van der Waals surface area (Å²) in [6.45, 7) is 1.64. The molecule has 1 unspecified atom stereocenters. The van der Waals surface area contributed by atoms with E-state index < -0.39 is 6.09 Å². The monoisotopic (exact) mass is 255 g/mol. The largest absolute Gasteiger partial charge is 0.492 e. The highest BCUT2D eigenvalue weighted by Gasteiger charge is 2.26. The predicted molar refractivity (Wildman–Crippen MR) is 64.7 cm³/mol. The first-order valence-electron chi connectivity index (χ1n) is 5.52. The first-order valence-corrected chi connectivity index (χ1v) is 5.90. The molecule has 1 saturated heterocycles. The van der Waals surface area contributed by atoms with Gasteiger partial charge in [0.15, 0.2) is 0 Å². The maximum Gasteiger partial charge on any atom is 0.407 e. The Morgan fingerprint density at radius 3 is 2.94 bits per heavy atom. The van der Waals surface area contributed by atoms with Crippen molar-refractivity contribution in [2.75, 3.05) is 19.7 Å². The summed E-state index contributed by atoms with van der Waals surface area (Å²) in [4.78, 5) is 12.2. The normalized spacial score (nSPS) is 19.4. The van der Waals surface area contributed by atoms with Crippen molar-refractivity contribution >= 4 is 17.7 Å². The number of hydrogen-bond acceptors (Lipinski definition) is 2. The van der Waals surface area contributed by atoms with Crippen molar-refractivity contribution < 1.29 is 14.6 Å². The van der Waals surface area contributed by atoms with Crippen molar-refractivity contribution in [2.45, 2.75) is 6.42 Å². The number of amides is 1. The molecule has 0 bridgehead atoms. The molecule has 1 heterocycles. The van der Waals surface area contributed by atoms with Crippen LogP contribution in [-0.2, 0) is 0 Å². The van der Waals surface area contributed by atoms with Crippen LogP contribution in [0.5, 0.6) is 5.75 Å². The highest BCUT2D eigenvalue weighted by Crippen LogP contribution is 2.25. The average Bonchev–Trinajstić information content (AvgIpc) is 2.77. The molecule has 0 spiro atoms. The fraction of sp³-hybridized carbons (Fsp3) is 0.417. The van der Waals surface area contributed by atoms with Crippen molar-refractivity contribution in [3.05, 3.63) is 29.3 Å². The summed E-state index contributed by atoms with van der Waals surface area (Å²) in [7, 11) is 0. The molecule has 1 aliphatic heterocycles. The lowest BCUT2D eigenvalue weighted by Gasteiger charge is -2.13. The van der Waals surface area contributed by atoms with Crippen LogP contribution in [0.25, 0.3) is 0 Å². The van der Waals surface area contributed by atoms with Gasteiger partial charge in [0.25, 0.3) is 0 Å². The first kappa shape index (κ1) is 12.0. The Bertz CT molecular complexity index is 410. The van der Waals surface area contributed by atoms with Crippen molar-refractivity contribution in [3.8, 4) is 5.75 Å². The molecule has 4 nitrogen and oxygen atoms in total. The van der Waals surface area contributed by atoms with Crippen LogP contribution < -0.4 is 4.74 Å². The molecule has 0 radical (unpaired) electrons. The average molecular weight is 256 g/mol. The van der Waals surface area contributed by atoms with E-state index in [-0.39, 0.29) is 5.92 Å². The molecular weight excluding hydrogens is 242 g/mol. The molecule has 1 amide bonds. The zero-order valence-electron chi connectivity index (χ0n) is 9.30. The molecule has 1 atom stereocenters. The van der Waals surface area contributed by atoms with E-state index in [4.69, 9.17) is 21.4 Å². The van der Waals surface area contributed by atoms with Crippen molar-refractivity contribution in [3.63, 3.8) is 0 Å². The van der Waals surface area contributed by atoms with Crippen LogP contribution in [0.1, 0.15) is 6.42 Å². The molecule has 17 heavy (non-hydrogen) atoms. The minimum atomic E-state index is -0.856. The zero-order valence-corrected chi connectivity index (χ0v) is 10.1. The van der Waals surface area contributed by atoms with Crippen LogP contribution in [0.4, 0.5) is 4.79 Å². The van der Waals surface area contributed by atoms with Gasteiger partial charge in [0.05, 0.1) is 11.6 Å². The van der Waals surface area contributed by atoms with Gasteiger partial charge in [0.1, 0.15) is 5.75 Å². The molecule has 0 aliphatic carbocycles. The number of nitrogens with zero attached hydrogens (tertiary/aromatic N) is 1. The van der Waals surface area contributed by atoms with Gasteiger partial charge >= 0.3 is 6.09 Å². The number of halogens is 1. The third-order valence-corrected chi connectivity index (χ3v) is 3.18. The van der Waals surface area contributed by atoms with Gasteiger partial charge in [-0.2, -0.15) is 0 Å². The maximum atomic E-state index is 10.7. The third kappa shape index (κ3) is 3.03. The minimum absolute atomic E-state index is 0.252. The summed E-state index contributed by atoms with van der Waals surface area (Å²) >= 11 is 5.96. The summed E-state index contributed by atoms with van der Waals surface area (Å²) in [5, 5.41) is 9.41. The second kappa shape index (κ2) is 5.27. The van der Waals surface area contributed by atoms with Crippen LogP contribution in [-0.4, -0.2) is 35.8 Å². The van der Waals surface area contributed by atoms with Crippen LogP contribution >= 0.6 is 11.6 Å². The van der Waals surface area contributed by atoms with E-state index in [1.807, 2.05) is 18.2 Å². The topological polar surface area (TPSA) is 49.8 Å². The fourth-order valence-electron chi connectivity index (χ4n) is 1.91. The number of ether oxygens (including phenoxy) is 1. The summed E-state index contributed by atoms with van der Waals surface area (Å²) in [5.74, 6) is 0.908. The van der Waals surface area contributed by atoms with Crippen molar-refractivity contribution in [1.29, 1.82) is 0 Å². The minimum Gasteiger partial charge on any atom is -0.492 e. The summed E-state index contributed by atoms with van der Waals surface area (Å²) in [6, 6.07) is 7.29. The maximum absolute atomic E-state index is 10.7. The molecule has 1 aromatic rings. The Balaban J connectivity index is 1.84. The SMILES string of the molecule is O=C(O)N1CCC(COc2ccccc2Cl)C1. The van der Waals surface area contributed by atoms with E-state index in [1.165, 1.54) is 4.90 Å². The van der Waals surface area contributed by atoms with Gasteiger partial charge < -0.3 is 14.7 Å². The second-order valence-electron chi connectivity index (χ2n) is 4.12. The van der Waals surface area contributed by atoms with Gasteiger partial charge in [0, 0.05) is 19.0 Å². The molecule has 1 aromatic carbocycles. The zero-order chi connectivity index (χ0) is 12.3. The number of carboxylic acid groups (broad SMARTS) is 1. The van der Waals surface area contributed by atoms with Gasteiger partial charge in [-0.15, -0.1) is 0 Å². The van der Waals surface area contributed by atoms with Gasteiger partial charge in [-0.3, -0.25) is 0 Å². The molecule has 92 valence electrons. The van der Waals surface area contributed by atoms with E-state index in [2.05, 4.69) is 0 Å². The second-order valence-corrected chi connectivity index (χ2v) is 4.53.